The van der Waals surface area contributed by atoms with E-state index in [4.69, 9.17) is 35.9 Å². The second-order valence-electron chi connectivity index (χ2n) is 11.3. The van der Waals surface area contributed by atoms with Gasteiger partial charge in [-0.1, -0.05) is 136 Å². The Balaban J connectivity index is 1.53. The molecule has 10 rings (SSSR count). The van der Waals surface area contributed by atoms with Crippen LogP contribution in [-0.4, -0.2) is 0 Å². The SMILES string of the molecule is [2H]c1c([2H])c([2H])c2c(c1[2H])-c1c([2H])c(-c3c([2H])c([2H])c([2H])c(N(c4c([2H])c([2H])c([2H])c5c4-c4c([2H])c([2H])c([2H])c([2H])c4C5(C([2H])([2H])[2H])C([2H])([2H])[2H])c4c([2H])c([2H])c([2H])c5oc6c([2H])c([2H])c([2H])c([2H])c6c45)c3[2H])c([2H])c([2H])c1C2(C([2H])([2H])[2H])C([2H])([2H])[2H]. The van der Waals surface area contributed by atoms with Crippen LogP contribution in [0.4, 0.5) is 17.1 Å². The smallest absolute Gasteiger partial charge is 0.137 e. The minimum atomic E-state index is -4.09. The molecule has 2 heteroatoms. The highest BCUT2D eigenvalue weighted by atomic mass is 16.3. The number of hydrogen-bond acceptors (Lipinski definition) is 2. The molecular weight excluding hydrogens is 607 g/mol. The number of hydrogen-bond donors (Lipinski definition) is 0. The van der Waals surface area contributed by atoms with Gasteiger partial charge in [-0.05, 0) is 92.4 Å². The van der Waals surface area contributed by atoms with Gasteiger partial charge in [0.2, 0.25) is 0 Å². The summed E-state index contributed by atoms with van der Waals surface area (Å²) in [6, 6.07) is -32.1. The average Bonchev–Trinajstić information content (AvgIpc) is 1.53. The van der Waals surface area contributed by atoms with E-state index in [1.807, 2.05) is 0 Å². The van der Waals surface area contributed by atoms with Crippen molar-refractivity contribution >= 4 is 39.0 Å². The van der Waals surface area contributed by atoms with Crippen LogP contribution in [0.25, 0.3) is 55.3 Å². The quantitative estimate of drug-likeness (QED) is 0.184. The first kappa shape index (κ1) is 10.1. The van der Waals surface area contributed by atoms with Gasteiger partial charge in [0.1, 0.15) is 11.2 Å². The predicted molar refractivity (Wildman–Crippen MR) is 209 cm³/mol. The van der Waals surface area contributed by atoms with Crippen molar-refractivity contribution in [2.24, 2.45) is 0 Å². The summed E-state index contributed by atoms with van der Waals surface area (Å²) in [5, 5.41) is -1.71. The monoisotopic (exact) mass is 681 g/mol. The van der Waals surface area contributed by atoms with Crippen molar-refractivity contribution < 1.29 is 55.1 Å². The van der Waals surface area contributed by atoms with Crippen LogP contribution >= 0.6 is 0 Å². The van der Waals surface area contributed by atoms with Crippen molar-refractivity contribution in [3.8, 4) is 33.4 Å². The van der Waals surface area contributed by atoms with Crippen LogP contribution in [-0.2, 0) is 10.8 Å². The lowest BCUT2D eigenvalue weighted by Crippen LogP contribution is -2.16. The van der Waals surface area contributed by atoms with Gasteiger partial charge < -0.3 is 9.32 Å². The maximum atomic E-state index is 10.2. The Labute approximate surface area is 345 Å². The lowest BCUT2D eigenvalue weighted by Gasteiger charge is -2.29. The third-order valence-electron chi connectivity index (χ3n) is 8.50. The fourth-order valence-corrected chi connectivity index (χ4v) is 6.32. The Morgan fingerprint density at radius 3 is 1.98 bits per heavy atom. The Morgan fingerprint density at radius 1 is 0.500 bits per heavy atom. The molecule has 7 aromatic carbocycles. The van der Waals surface area contributed by atoms with E-state index in [2.05, 4.69) is 0 Å². The predicted octanol–water partition coefficient (Wildman–Crippen LogP) is 13.3. The number of anilines is 3. The van der Waals surface area contributed by atoms with E-state index < -0.39 is 284 Å². The van der Waals surface area contributed by atoms with Crippen LogP contribution < -0.4 is 4.90 Å². The first-order valence-electron chi connectivity index (χ1n) is 33.1. The molecule has 1 heterocycles. The third-order valence-corrected chi connectivity index (χ3v) is 8.50. The lowest BCUT2D eigenvalue weighted by molar-refractivity contribution is 0.660. The largest absolute Gasteiger partial charge is 0.456 e. The molecule has 0 radical (unpaired) electrons. The van der Waals surface area contributed by atoms with Crippen molar-refractivity contribution in [3.05, 3.63) is 173 Å². The van der Waals surface area contributed by atoms with E-state index in [1.165, 1.54) is 0 Å². The van der Waals surface area contributed by atoms with E-state index in [0.29, 0.717) is 0 Å². The van der Waals surface area contributed by atoms with Crippen molar-refractivity contribution in [2.75, 3.05) is 4.90 Å². The maximum Gasteiger partial charge on any atom is 0.137 e. The van der Waals surface area contributed by atoms with Gasteiger partial charge >= 0.3 is 0 Å². The maximum absolute atomic E-state index is 10.2. The zero-order valence-corrected chi connectivity index (χ0v) is 24.9. The summed E-state index contributed by atoms with van der Waals surface area (Å²) < 4.78 is 343. The molecular formula is C48H37NO. The number of furan rings is 1. The summed E-state index contributed by atoms with van der Waals surface area (Å²) in [4.78, 5) is 0.241. The van der Waals surface area contributed by atoms with E-state index in [-0.39, 0.29) is 4.90 Å². The molecule has 0 amide bonds. The van der Waals surface area contributed by atoms with Crippen LogP contribution in [0.15, 0.2) is 155 Å². The molecule has 0 N–H and O–H groups in total. The van der Waals surface area contributed by atoms with Crippen LogP contribution in [0.5, 0.6) is 0 Å². The highest BCUT2D eigenvalue weighted by molar-refractivity contribution is 6.14. The summed E-state index contributed by atoms with van der Waals surface area (Å²) in [6.07, 6.45) is 0. The van der Waals surface area contributed by atoms with Crippen LogP contribution in [0.3, 0.4) is 0 Å². The van der Waals surface area contributed by atoms with E-state index in [0.717, 1.165) is 0 Å². The number of nitrogens with zero attached hydrogens (tertiary/aromatic N) is 1. The summed E-state index contributed by atoms with van der Waals surface area (Å²) in [7, 11) is 0. The zero-order valence-electron chi connectivity index (χ0n) is 61.9. The third kappa shape index (κ3) is 3.96. The molecule has 0 spiro atoms. The second-order valence-corrected chi connectivity index (χ2v) is 11.3. The molecule has 0 bridgehead atoms. The summed E-state index contributed by atoms with van der Waals surface area (Å²) in [5.74, 6) is 0. The molecule has 2 aliphatic rings. The Morgan fingerprint density at radius 2 is 1.12 bits per heavy atom. The number of rotatable bonds is 4. The molecule has 2 aliphatic carbocycles. The Hall–Kier alpha value is -5.86. The van der Waals surface area contributed by atoms with Crippen LogP contribution in [0.1, 0.15) is 100 Å². The van der Waals surface area contributed by atoms with E-state index >= 15 is 0 Å². The van der Waals surface area contributed by atoms with Gasteiger partial charge in [-0.2, -0.15) is 0 Å². The Kier molecular flexibility index (Phi) is 2.09. The molecule has 0 atom stereocenters. The van der Waals surface area contributed by atoms with Gasteiger partial charge in [0.25, 0.3) is 0 Å². The zero-order chi connectivity index (χ0) is 65.5. The summed E-state index contributed by atoms with van der Waals surface area (Å²) in [5.41, 5.74) is -25.4. The van der Waals surface area contributed by atoms with Gasteiger partial charge in [0, 0.05) is 43.9 Å². The Bertz CT molecular complexity index is 4490. The molecule has 8 aromatic rings. The minimum Gasteiger partial charge on any atom is -0.456 e. The highest BCUT2D eigenvalue weighted by Crippen LogP contribution is 2.55. The molecule has 0 saturated carbocycles. The van der Waals surface area contributed by atoms with Crippen LogP contribution in [0, 0.1) is 0 Å². The summed E-state index contributed by atoms with van der Waals surface area (Å²) in [6.45, 7) is -16.1. The van der Waals surface area contributed by atoms with Crippen molar-refractivity contribution in [1.29, 1.82) is 0 Å². The standard InChI is InChI=1S/C48H37NO/c1-47(2)37-19-8-5-16-33(37)36-29-31(26-27-39(36)47)30-14-11-15-32(28-30)49(42-23-13-25-44-46(42)35-18-7-10-24-43(35)50-44)41-22-12-21-40-45(41)34-17-6-9-20-38(34)48(40,3)4/h5-29H,1-4H3/i1D3,2D3,3D3,4D3,5D,6D,7D,8D,9D,10D,11D,12D,13D,14D,15D,16D,17D,18D,19D,20D,21D,22D,23D,24D,25D,26D,27D,28D,29D. The van der Waals surface area contributed by atoms with Gasteiger partial charge in [-0.25, -0.2) is 0 Å². The number of para-hydroxylation sites is 1. The lowest BCUT2D eigenvalue weighted by atomic mass is 9.82. The van der Waals surface area contributed by atoms with E-state index in [1.54, 1.807) is 0 Å². The molecule has 50 heavy (non-hydrogen) atoms. The highest BCUT2D eigenvalue weighted by Gasteiger charge is 2.38. The van der Waals surface area contributed by atoms with E-state index in [9.17, 15) is 19.2 Å². The first-order chi connectivity index (χ1) is 39.7. The van der Waals surface area contributed by atoms with Gasteiger partial charge in [-0.3, -0.25) is 0 Å². The molecule has 0 fully saturated rings. The summed E-state index contributed by atoms with van der Waals surface area (Å²) >= 11 is 0. The molecule has 0 aliphatic heterocycles. The van der Waals surface area contributed by atoms with Gasteiger partial charge in [0.15, 0.2) is 0 Å². The van der Waals surface area contributed by atoms with Crippen molar-refractivity contribution in [3.63, 3.8) is 0 Å². The minimum absolute atomic E-state index is 0.241. The van der Waals surface area contributed by atoms with Crippen molar-refractivity contribution in [2.45, 2.75) is 38.2 Å². The topological polar surface area (TPSA) is 16.4 Å². The fraction of sp³-hybridized carbons (Fsp3) is 0.125. The number of fused-ring (bicyclic) bond motifs is 9. The molecule has 0 unspecified atom stereocenters. The normalized spacial score (nSPS) is 26.3. The molecule has 2 nitrogen and oxygen atoms in total. The van der Waals surface area contributed by atoms with Crippen LogP contribution in [0.2, 0.25) is 0 Å². The van der Waals surface area contributed by atoms with Gasteiger partial charge in [0.05, 0.1) is 51.0 Å². The first-order valence-corrected chi connectivity index (χ1v) is 14.6. The number of benzene rings is 7. The second kappa shape index (κ2) is 10.3. The molecule has 0 saturated heterocycles. The molecule has 240 valence electrons. The van der Waals surface area contributed by atoms with Crippen molar-refractivity contribution in [1.82, 2.24) is 0 Å². The molecule has 1 aromatic heterocycles. The fourth-order valence-electron chi connectivity index (χ4n) is 6.32. The average molecular weight is 681 g/mol. The van der Waals surface area contributed by atoms with Gasteiger partial charge in [-0.15, -0.1) is 0 Å².